The van der Waals surface area contributed by atoms with Crippen molar-refractivity contribution in [1.82, 2.24) is 0 Å². The Bertz CT molecular complexity index is 550. The average molecular weight is 241 g/mol. The van der Waals surface area contributed by atoms with Crippen molar-refractivity contribution in [2.24, 2.45) is 4.99 Å². The maximum Gasteiger partial charge on any atom is 0.128 e. The highest BCUT2D eigenvalue weighted by Gasteiger charge is 1.99. The number of benzene rings is 2. The molecule has 0 spiro atoms. The number of para-hydroxylation sites is 1. The van der Waals surface area contributed by atoms with Gasteiger partial charge >= 0.3 is 0 Å². The molecule has 0 aromatic heterocycles. The lowest BCUT2D eigenvalue weighted by molar-refractivity contribution is 0.340. The highest BCUT2D eigenvalue weighted by atomic mass is 16.5. The molecule has 0 bridgehead atoms. The third-order valence-electron chi connectivity index (χ3n) is 2.40. The van der Waals surface area contributed by atoms with Crippen LogP contribution in [0.4, 0.5) is 5.69 Å². The number of aromatic hydroxyl groups is 1. The lowest BCUT2D eigenvalue weighted by atomic mass is 10.2. The molecule has 2 rings (SSSR count). The second-order valence-electron chi connectivity index (χ2n) is 3.75. The third kappa shape index (κ3) is 3.10. The monoisotopic (exact) mass is 241 g/mol. The summed E-state index contributed by atoms with van der Waals surface area (Å²) in [5.41, 5.74) is 1.63. The number of aliphatic imine (C=N–C) groups is 1. The van der Waals surface area contributed by atoms with Crippen LogP contribution >= 0.6 is 0 Å². The van der Waals surface area contributed by atoms with Crippen molar-refractivity contribution in [3.05, 3.63) is 54.1 Å². The summed E-state index contributed by atoms with van der Waals surface area (Å²) in [5, 5.41) is 9.35. The third-order valence-corrected chi connectivity index (χ3v) is 2.40. The predicted octanol–water partition coefficient (Wildman–Crippen LogP) is 3.54. The van der Waals surface area contributed by atoms with Gasteiger partial charge in [-0.3, -0.25) is 4.99 Å². The number of hydrogen-bond acceptors (Lipinski definition) is 3. The molecule has 3 heteroatoms. The lowest BCUT2D eigenvalue weighted by Gasteiger charge is -2.05. The summed E-state index contributed by atoms with van der Waals surface area (Å²) in [4.78, 5) is 4.32. The molecule has 0 saturated carbocycles. The normalized spacial score (nSPS) is 10.7. The van der Waals surface area contributed by atoms with Gasteiger partial charge in [0.2, 0.25) is 0 Å². The van der Waals surface area contributed by atoms with Crippen molar-refractivity contribution < 1.29 is 9.84 Å². The van der Waals surface area contributed by atoms with Crippen molar-refractivity contribution in [3.63, 3.8) is 0 Å². The second-order valence-corrected chi connectivity index (χ2v) is 3.75. The maximum absolute atomic E-state index is 9.35. The van der Waals surface area contributed by atoms with Gasteiger partial charge in [0.15, 0.2) is 0 Å². The number of rotatable bonds is 4. The highest BCUT2D eigenvalue weighted by molar-refractivity contribution is 5.85. The molecular formula is C15H15NO2. The SMILES string of the molecule is CCOc1ccccc1C=Nc1cccc(O)c1. The van der Waals surface area contributed by atoms with Gasteiger partial charge in [0, 0.05) is 17.8 Å². The van der Waals surface area contributed by atoms with E-state index in [9.17, 15) is 5.11 Å². The summed E-state index contributed by atoms with van der Waals surface area (Å²) in [6, 6.07) is 14.5. The van der Waals surface area contributed by atoms with Crippen LogP contribution in [0.5, 0.6) is 11.5 Å². The van der Waals surface area contributed by atoms with E-state index in [1.807, 2.05) is 37.3 Å². The number of hydrogen-bond donors (Lipinski definition) is 1. The quantitative estimate of drug-likeness (QED) is 0.832. The summed E-state index contributed by atoms with van der Waals surface area (Å²) in [7, 11) is 0. The first-order valence-electron chi connectivity index (χ1n) is 5.84. The van der Waals surface area contributed by atoms with E-state index in [0.29, 0.717) is 12.3 Å². The molecule has 0 atom stereocenters. The molecule has 0 unspecified atom stereocenters. The van der Waals surface area contributed by atoms with Crippen LogP contribution in [-0.2, 0) is 0 Å². The van der Waals surface area contributed by atoms with E-state index in [0.717, 1.165) is 11.3 Å². The molecule has 0 fully saturated rings. The molecule has 18 heavy (non-hydrogen) atoms. The molecule has 0 radical (unpaired) electrons. The Morgan fingerprint density at radius 3 is 2.78 bits per heavy atom. The fourth-order valence-electron chi connectivity index (χ4n) is 1.59. The van der Waals surface area contributed by atoms with Gasteiger partial charge in [-0.15, -0.1) is 0 Å². The molecule has 0 saturated heterocycles. The molecule has 0 aliphatic heterocycles. The zero-order valence-electron chi connectivity index (χ0n) is 10.2. The zero-order chi connectivity index (χ0) is 12.8. The predicted molar refractivity (Wildman–Crippen MR) is 73.0 cm³/mol. The molecule has 2 aromatic carbocycles. The summed E-state index contributed by atoms with van der Waals surface area (Å²) in [5.74, 6) is 1.02. The van der Waals surface area contributed by atoms with Crippen molar-refractivity contribution >= 4 is 11.9 Å². The van der Waals surface area contributed by atoms with E-state index in [4.69, 9.17) is 4.74 Å². The molecule has 1 N–H and O–H groups in total. The Labute approximate surface area is 106 Å². The molecule has 0 aliphatic rings. The van der Waals surface area contributed by atoms with Crippen LogP contribution in [-0.4, -0.2) is 17.9 Å². The van der Waals surface area contributed by atoms with Gasteiger partial charge in [-0.05, 0) is 31.2 Å². The Hall–Kier alpha value is -2.29. The van der Waals surface area contributed by atoms with Gasteiger partial charge in [-0.1, -0.05) is 18.2 Å². The van der Waals surface area contributed by atoms with Crippen molar-refractivity contribution in [3.8, 4) is 11.5 Å². The number of phenols is 1. The van der Waals surface area contributed by atoms with Crippen molar-refractivity contribution in [2.45, 2.75) is 6.92 Å². The first-order chi connectivity index (χ1) is 8.79. The molecule has 0 aliphatic carbocycles. The highest BCUT2D eigenvalue weighted by Crippen LogP contribution is 2.20. The maximum atomic E-state index is 9.35. The minimum Gasteiger partial charge on any atom is -0.508 e. The van der Waals surface area contributed by atoms with Gasteiger partial charge in [0.1, 0.15) is 11.5 Å². The zero-order valence-corrected chi connectivity index (χ0v) is 10.2. The molecular weight excluding hydrogens is 226 g/mol. The van der Waals surface area contributed by atoms with Gasteiger partial charge in [0.25, 0.3) is 0 Å². The van der Waals surface area contributed by atoms with Crippen molar-refractivity contribution in [1.29, 1.82) is 0 Å². The first kappa shape index (κ1) is 12.2. The van der Waals surface area contributed by atoms with E-state index >= 15 is 0 Å². The Morgan fingerprint density at radius 1 is 1.17 bits per heavy atom. The Kier molecular flexibility index (Phi) is 3.97. The molecule has 0 heterocycles. The van der Waals surface area contributed by atoms with Crippen molar-refractivity contribution in [2.75, 3.05) is 6.61 Å². The Balaban J connectivity index is 2.23. The number of nitrogens with zero attached hydrogens (tertiary/aromatic N) is 1. The van der Waals surface area contributed by atoms with Gasteiger partial charge in [0.05, 0.1) is 12.3 Å². The lowest BCUT2D eigenvalue weighted by Crippen LogP contribution is -1.95. The summed E-state index contributed by atoms with van der Waals surface area (Å²) >= 11 is 0. The number of ether oxygens (including phenoxy) is 1. The summed E-state index contributed by atoms with van der Waals surface area (Å²) in [6.45, 7) is 2.57. The van der Waals surface area contributed by atoms with Gasteiger partial charge in [-0.25, -0.2) is 0 Å². The largest absolute Gasteiger partial charge is 0.508 e. The smallest absolute Gasteiger partial charge is 0.128 e. The summed E-state index contributed by atoms with van der Waals surface area (Å²) in [6.07, 6.45) is 1.74. The van der Waals surface area contributed by atoms with Crippen LogP contribution in [0.2, 0.25) is 0 Å². The van der Waals surface area contributed by atoms with E-state index in [-0.39, 0.29) is 5.75 Å². The molecule has 0 amide bonds. The minimum atomic E-state index is 0.211. The van der Waals surface area contributed by atoms with Crippen LogP contribution in [0.15, 0.2) is 53.5 Å². The van der Waals surface area contributed by atoms with Crippen LogP contribution in [0.25, 0.3) is 0 Å². The fourth-order valence-corrected chi connectivity index (χ4v) is 1.59. The minimum absolute atomic E-state index is 0.211. The summed E-state index contributed by atoms with van der Waals surface area (Å²) < 4.78 is 5.51. The van der Waals surface area contributed by atoms with Crippen LogP contribution in [0.3, 0.4) is 0 Å². The van der Waals surface area contributed by atoms with Crippen LogP contribution < -0.4 is 4.74 Å². The molecule has 3 nitrogen and oxygen atoms in total. The topological polar surface area (TPSA) is 41.8 Å². The van der Waals surface area contributed by atoms with Crippen LogP contribution in [0, 0.1) is 0 Å². The molecule has 92 valence electrons. The van der Waals surface area contributed by atoms with E-state index in [1.54, 1.807) is 24.4 Å². The molecule has 2 aromatic rings. The average Bonchev–Trinajstić information content (AvgIpc) is 2.38. The standard InChI is InChI=1S/C15H15NO2/c1-2-18-15-9-4-3-6-12(15)11-16-13-7-5-8-14(17)10-13/h3-11,17H,2H2,1H3. The fraction of sp³-hybridized carbons (Fsp3) is 0.133. The van der Waals surface area contributed by atoms with E-state index in [1.165, 1.54) is 0 Å². The first-order valence-corrected chi connectivity index (χ1v) is 5.84. The van der Waals surface area contributed by atoms with E-state index in [2.05, 4.69) is 4.99 Å². The van der Waals surface area contributed by atoms with Crippen LogP contribution in [0.1, 0.15) is 12.5 Å². The van der Waals surface area contributed by atoms with Gasteiger partial charge < -0.3 is 9.84 Å². The van der Waals surface area contributed by atoms with E-state index < -0.39 is 0 Å². The number of phenolic OH excluding ortho intramolecular Hbond substituents is 1. The van der Waals surface area contributed by atoms with Gasteiger partial charge in [-0.2, -0.15) is 0 Å². The second kappa shape index (κ2) is 5.87. The Morgan fingerprint density at radius 2 is 2.00 bits per heavy atom.